The summed E-state index contributed by atoms with van der Waals surface area (Å²) in [5, 5.41) is 12.6. The number of carbonyl (C=O) groups is 2. The SMILES string of the molecule is CCSc1ccc([C@H](C#N)NC(=O)c2ccc(N(C)c3cc(C4CC4)cc(C4CC4)c3)c(C(C)=O)c2)cc1. The van der Waals surface area contributed by atoms with Gasteiger partial charge in [-0.05, 0) is 109 Å². The Balaban J connectivity index is 1.39. The van der Waals surface area contributed by atoms with Crippen molar-refractivity contribution in [3.05, 3.63) is 88.5 Å². The van der Waals surface area contributed by atoms with E-state index in [1.54, 1.807) is 23.9 Å². The monoisotopic (exact) mass is 523 g/mol. The standard InChI is InChI=1S/C32H33N3O2S/c1-4-38-28-12-9-23(10-13-28)30(19-33)34-32(37)24-11-14-31(29(18-24)20(2)36)35(3)27-16-25(21-5-6-21)15-26(17-27)22-7-8-22/h9-18,21-22,30H,4-8H2,1-3H3,(H,34,37)/t30-/m0/s1. The topological polar surface area (TPSA) is 73.2 Å². The van der Waals surface area contributed by atoms with Crippen LogP contribution in [0, 0.1) is 11.3 Å². The van der Waals surface area contributed by atoms with E-state index in [9.17, 15) is 14.9 Å². The number of amides is 1. The van der Waals surface area contributed by atoms with Gasteiger partial charge in [-0.1, -0.05) is 25.1 Å². The lowest BCUT2D eigenvalue weighted by Gasteiger charge is -2.24. The van der Waals surface area contributed by atoms with Gasteiger partial charge in [0, 0.05) is 28.8 Å². The van der Waals surface area contributed by atoms with Crippen molar-refractivity contribution in [3.8, 4) is 6.07 Å². The summed E-state index contributed by atoms with van der Waals surface area (Å²) in [5.41, 5.74) is 6.19. The molecule has 0 aliphatic heterocycles. The number of hydrogen-bond donors (Lipinski definition) is 1. The largest absolute Gasteiger partial charge is 0.344 e. The van der Waals surface area contributed by atoms with Gasteiger partial charge >= 0.3 is 0 Å². The van der Waals surface area contributed by atoms with Gasteiger partial charge in [-0.3, -0.25) is 9.59 Å². The van der Waals surface area contributed by atoms with Crippen LogP contribution < -0.4 is 10.2 Å². The number of thioether (sulfide) groups is 1. The maximum atomic E-state index is 13.1. The van der Waals surface area contributed by atoms with Crippen LogP contribution in [0.4, 0.5) is 11.4 Å². The number of rotatable bonds is 10. The second-order valence-corrected chi connectivity index (χ2v) is 11.6. The fourth-order valence-corrected chi connectivity index (χ4v) is 5.54. The molecule has 0 bridgehead atoms. The minimum atomic E-state index is -0.780. The molecule has 3 aromatic rings. The summed E-state index contributed by atoms with van der Waals surface area (Å²) in [4.78, 5) is 29.0. The van der Waals surface area contributed by atoms with Crippen molar-refractivity contribution >= 4 is 34.8 Å². The zero-order valence-corrected chi connectivity index (χ0v) is 23.0. The molecule has 0 heterocycles. The Morgan fingerprint density at radius 3 is 2.16 bits per heavy atom. The number of carbonyl (C=O) groups excluding carboxylic acids is 2. The molecule has 0 radical (unpaired) electrons. The molecular formula is C32H33N3O2S. The van der Waals surface area contributed by atoms with Gasteiger partial charge in [0.15, 0.2) is 5.78 Å². The Hall–Kier alpha value is -3.56. The molecular weight excluding hydrogens is 490 g/mol. The highest BCUT2D eigenvalue weighted by atomic mass is 32.2. The highest BCUT2D eigenvalue weighted by molar-refractivity contribution is 7.99. The van der Waals surface area contributed by atoms with E-state index in [0.29, 0.717) is 23.0 Å². The molecule has 5 nitrogen and oxygen atoms in total. The van der Waals surface area contributed by atoms with Gasteiger partial charge in [0.05, 0.1) is 11.8 Å². The quantitative estimate of drug-likeness (QED) is 0.220. The summed E-state index contributed by atoms with van der Waals surface area (Å²) in [6.07, 6.45) is 4.97. The Morgan fingerprint density at radius 1 is 1.00 bits per heavy atom. The fourth-order valence-electron chi connectivity index (χ4n) is 4.88. The molecule has 0 unspecified atom stereocenters. The van der Waals surface area contributed by atoms with Gasteiger partial charge in [0.2, 0.25) is 0 Å². The number of Topliss-reactive ketones (excluding diaryl/α,β-unsaturated/α-hetero) is 1. The molecule has 2 saturated carbocycles. The van der Waals surface area contributed by atoms with Gasteiger partial charge in [0.1, 0.15) is 6.04 Å². The van der Waals surface area contributed by atoms with Crippen LogP contribution in [0.15, 0.2) is 65.6 Å². The molecule has 1 atom stereocenters. The van der Waals surface area contributed by atoms with Crippen molar-refractivity contribution in [2.24, 2.45) is 0 Å². The smallest absolute Gasteiger partial charge is 0.252 e. The summed E-state index contributed by atoms with van der Waals surface area (Å²) >= 11 is 1.72. The molecule has 0 saturated heterocycles. The summed E-state index contributed by atoms with van der Waals surface area (Å²) in [5.74, 6) is 1.77. The summed E-state index contributed by atoms with van der Waals surface area (Å²) in [6.45, 7) is 3.62. The summed E-state index contributed by atoms with van der Waals surface area (Å²) < 4.78 is 0. The average molecular weight is 524 g/mol. The predicted molar refractivity (Wildman–Crippen MR) is 154 cm³/mol. The highest BCUT2D eigenvalue weighted by Crippen LogP contribution is 2.47. The van der Waals surface area contributed by atoms with E-state index in [4.69, 9.17) is 0 Å². The van der Waals surface area contributed by atoms with E-state index in [1.807, 2.05) is 37.4 Å². The third kappa shape index (κ3) is 5.79. The molecule has 5 rings (SSSR count). The normalized spacial score (nSPS) is 15.4. The first-order chi connectivity index (χ1) is 18.4. The molecule has 194 valence electrons. The molecule has 1 amide bonds. The molecule has 38 heavy (non-hydrogen) atoms. The van der Waals surface area contributed by atoms with E-state index in [2.05, 4.69) is 41.4 Å². The first kappa shape index (κ1) is 26.1. The first-order valence-corrected chi connectivity index (χ1v) is 14.3. The summed E-state index contributed by atoms with van der Waals surface area (Å²) in [7, 11) is 1.98. The van der Waals surface area contributed by atoms with Crippen molar-refractivity contribution in [2.45, 2.75) is 62.3 Å². The number of nitrogens with zero attached hydrogens (tertiary/aromatic N) is 2. The molecule has 6 heteroatoms. The predicted octanol–water partition coefficient (Wildman–Crippen LogP) is 7.52. The van der Waals surface area contributed by atoms with Crippen LogP contribution in [-0.2, 0) is 0 Å². The zero-order valence-electron chi connectivity index (χ0n) is 22.2. The molecule has 2 fully saturated rings. The molecule has 2 aliphatic carbocycles. The molecule has 2 aliphatic rings. The van der Waals surface area contributed by atoms with Crippen molar-refractivity contribution in [3.63, 3.8) is 0 Å². The van der Waals surface area contributed by atoms with Gasteiger partial charge < -0.3 is 10.2 Å². The van der Waals surface area contributed by atoms with E-state index in [0.717, 1.165) is 27.6 Å². The molecule has 0 aromatic heterocycles. The Kier molecular flexibility index (Phi) is 7.58. The molecule has 1 N–H and O–H groups in total. The van der Waals surface area contributed by atoms with Gasteiger partial charge in [0.25, 0.3) is 5.91 Å². The minimum absolute atomic E-state index is 0.108. The fraction of sp³-hybridized carbons (Fsp3) is 0.344. The Morgan fingerprint density at radius 2 is 1.63 bits per heavy atom. The number of benzene rings is 3. The van der Waals surface area contributed by atoms with Gasteiger partial charge in [-0.25, -0.2) is 0 Å². The Labute approximate surface area is 229 Å². The van der Waals surface area contributed by atoms with Gasteiger partial charge in [-0.15, -0.1) is 11.8 Å². The second-order valence-electron chi connectivity index (χ2n) is 10.3. The second kappa shape index (κ2) is 11.0. The molecule has 0 spiro atoms. The van der Waals surface area contributed by atoms with Crippen molar-refractivity contribution in [1.82, 2.24) is 5.32 Å². The lowest BCUT2D eigenvalue weighted by atomic mass is 10.00. The minimum Gasteiger partial charge on any atom is -0.344 e. The number of nitrogens with one attached hydrogen (secondary N) is 1. The lowest BCUT2D eigenvalue weighted by molar-refractivity contribution is 0.0945. The zero-order chi connectivity index (χ0) is 26.8. The first-order valence-electron chi connectivity index (χ1n) is 13.3. The van der Waals surface area contributed by atoms with E-state index >= 15 is 0 Å². The third-order valence-electron chi connectivity index (χ3n) is 7.38. The number of nitriles is 1. The van der Waals surface area contributed by atoms with E-state index in [1.165, 1.54) is 43.7 Å². The van der Waals surface area contributed by atoms with Crippen molar-refractivity contribution in [1.29, 1.82) is 5.26 Å². The van der Waals surface area contributed by atoms with Crippen LogP contribution >= 0.6 is 11.8 Å². The van der Waals surface area contributed by atoms with Gasteiger partial charge in [-0.2, -0.15) is 5.26 Å². The van der Waals surface area contributed by atoms with Crippen LogP contribution in [0.2, 0.25) is 0 Å². The maximum absolute atomic E-state index is 13.1. The van der Waals surface area contributed by atoms with Crippen molar-refractivity contribution < 1.29 is 9.59 Å². The van der Waals surface area contributed by atoms with E-state index in [-0.39, 0.29) is 11.7 Å². The number of hydrogen-bond acceptors (Lipinski definition) is 5. The van der Waals surface area contributed by atoms with Crippen LogP contribution in [0.25, 0.3) is 0 Å². The van der Waals surface area contributed by atoms with Crippen LogP contribution in [0.3, 0.4) is 0 Å². The van der Waals surface area contributed by atoms with Crippen molar-refractivity contribution in [2.75, 3.05) is 17.7 Å². The Bertz CT molecular complexity index is 1370. The number of ketones is 1. The number of anilines is 2. The lowest BCUT2D eigenvalue weighted by Crippen LogP contribution is -2.28. The van der Waals surface area contributed by atoms with Crippen LogP contribution in [-0.4, -0.2) is 24.5 Å². The molecule has 3 aromatic carbocycles. The maximum Gasteiger partial charge on any atom is 0.252 e. The van der Waals surface area contributed by atoms with E-state index < -0.39 is 6.04 Å². The third-order valence-corrected chi connectivity index (χ3v) is 8.27. The van der Waals surface area contributed by atoms with Crippen LogP contribution in [0.1, 0.15) is 94.8 Å². The van der Waals surface area contributed by atoms with Crippen LogP contribution in [0.5, 0.6) is 0 Å². The highest BCUT2D eigenvalue weighted by Gasteiger charge is 2.29. The average Bonchev–Trinajstić information content (AvgIpc) is 3.84. The summed E-state index contributed by atoms with van der Waals surface area (Å²) in [6, 6.07) is 21.1.